The van der Waals surface area contributed by atoms with Crippen LogP contribution in [0.1, 0.15) is 31.1 Å². The Kier molecular flexibility index (Phi) is 6.77. The summed E-state index contributed by atoms with van der Waals surface area (Å²) >= 11 is 0. The number of nitrogens with one attached hydrogen (secondary N) is 2. The Morgan fingerprint density at radius 1 is 1.20 bits per heavy atom. The standard InChI is InChI=1S/C15H22N2O7S/c1-15(2,3)24-14(20)16-7-8-17-25(21,22)10-5-6-11(13(18)19)12(9-10)23-4/h5-6,9,17H,7-8H2,1-4H3,(H,16,20)(H,18,19). The molecule has 0 heterocycles. The smallest absolute Gasteiger partial charge is 0.407 e. The minimum atomic E-state index is -3.88. The Hall–Kier alpha value is -2.33. The predicted molar refractivity (Wildman–Crippen MR) is 89.4 cm³/mol. The number of aromatic carboxylic acids is 1. The van der Waals surface area contributed by atoms with Gasteiger partial charge in [0.25, 0.3) is 0 Å². The number of benzene rings is 1. The van der Waals surface area contributed by atoms with Gasteiger partial charge in [-0.05, 0) is 32.9 Å². The molecule has 1 aromatic rings. The highest BCUT2D eigenvalue weighted by atomic mass is 32.2. The number of carbonyl (C=O) groups excluding carboxylic acids is 1. The van der Waals surface area contributed by atoms with Crippen molar-refractivity contribution in [1.29, 1.82) is 0 Å². The second kappa shape index (κ2) is 8.17. The van der Waals surface area contributed by atoms with E-state index in [0.29, 0.717) is 0 Å². The minimum absolute atomic E-state index is 0.0263. The fraction of sp³-hybridized carbons (Fsp3) is 0.467. The van der Waals surface area contributed by atoms with Crippen molar-refractivity contribution >= 4 is 22.1 Å². The first-order valence-corrected chi connectivity index (χ1v) is 8.82. The lowest BCUT2D eigenvalue weighted by Crippen LogP contribution is -2.37. The van der Waals surface area contributed by atoms with Gasteiger partial charge in [-0.1, -0.05) is 0 Å². The van der Waals surface area contributed by atoms with E-state index >= 15 is 0 Å². The van der Waals surface area contributed by atoms with Gasteiger partial charge in [0.1, 0.15) is 16.9 Å². The monoisotopic (exact) mass is 374 g/mol. The van der Waals surface area contributed by atoms with Gasteiger partial charge in [-0.15, -0.1) is 0 Å². The third kappa shape index (κ3) is 6.59. The molecule has 1 rings (SSSR count). The topological polar surface area (TPSA) is 131 Å². The van der Waals surface area contributed by atoms with Gasteiger partial charge in [-0.25, -0.2) is 22.7 Å². The van der Waals surface area contributed by atoms with Gasteiger partial charge in [0, 0.05) is 19.2 Å². The van der Waals surface area contributed by atoms with E-state index in [1.165, 1.54) is 7.11 Å². The third-order valence-electron chi connectivity index (χ3n) is 2.80. The molecule has 140 valence electrons. The van der Waals surface area contributed by atoms with E-state index in [9.17, 15) is 18.0 Å². The average molecular weight is 374 g/mol. The molecular formula is C15H22N2O7S. The molecule has 0 unspecified atom stereocenters. The molecule has 0 aliphatic rings. The third-order valence-corrected chi connectivity index (χ3v) is 4.26. The molecule has 0 radical (unpaired) electrons. The van der Waals surface area contributed by atoms with E-state index in [4.69, 9.17) is 14.6 Å². The zero-order valence-corrected chi connectivity index (χ0v) is 15.3. The molecule has 0 fully saturated rings. The normalized spacial score (nSPS) is 11.7. The van der Waals surface area contributed by atoms with E-state index in [-0.39, 0.29) is 29.3 Å². The van der Waals surface area contributed by atoms with Crippen molar-refractivity contribution in [2.75, 3.05) is 20.2 Å². The quantitative estimate of drug-likeness (QED) is 0.611. The van der Waals surface area contributed by atoms with Gasteiger partial charge in [0.15, 0.2) is 0 Å². The second-order valence-corrected chi connectivity index (χ2v) is 7.76. The Labute approximate surface area is 146 Å². The van der Waals surface area contributed by atoms with Crippen LogP contribution in [0.25, 0.3) is 0 Å². The number of methoxy groups -OCH3 is 1. The first kappa shape index (κ1) is 20.7. The summed E-state index contributed by atoms with van der Waals surface area (Å²) in [6, 6.07) is 3.43. The molecule has 0 saturated carbocycles. The molecule has 0 aromatic heterocycles. The molecule has 0 bridgehead atoms. The SMILES string of the molecule is COc1cc(S(=O)(=O)NCCNC(=O)OC(C)(C)C)ccc1C(=O)O. The second-order valence-electron chi connectivity index (χ2n) is 5.99. The van der Waals surface area contributed by atoms with Crippen LogP contribution < -0.4 is 14.8 Å². The Bertz CT molecular complexity index is 739. The van der Waals surface area contributed by atoms with E-state index in [0.717, 1.165) is 18.2 Å². The van der Waals surface area contributed by atoms with Crippen molar-refractivity contribution in [3.63, 3.8) is 0 Å². The summed E-state index contributed by atoms with van der Waals surface area (Å²) in [6.07, 6.45) is -0.654. The number of carbonyl (C=O) groups is 2. The van der Waals surface area contributed by atoms with Crippen LogP contribution in [-0.4, -0.2) is 51.4 Å². The van der Waals surface area contributed by atoms with Crippen LogP contribution in [0.3, 0.4) is 0 Å². The van der Waals surface area contributed by atoms with Gasteiger partial charge in [-0.3, -0.25) is 0 Å². The lowest BCUT2D eigenvalue weighted by molar-refractivity contribution is 0.0528. The fourth-order valence-electron chi connectivity index (χ4n) is 1.76. The number of amides is 1. The van der Waals surface area contributed by atoms with Gasteiger partial charge >= 0.3 is 12.1 Å². The number of carboxylic acid groups (broad SMARTS) is 1. The van der Waals surface area contributed by atoms with E-state index in [2.05, 4.69) is 10.0 Å². The van der Waals surface area contributed by atoms with E-state index < -0.39 is 27.7 Å². The Morgan fingerprint density at radius 2 is 1.84 bits per heavy atom. The summed E-state index contributed by atoms with van der Waals surface area (Å²) < 4.78 is 36.6. The maximum absolute atomic E-state index is 12.2. The van der Waals surface area contributed by atoms with Crippen molar-refractivity contribution < 1.29 is 32.6 Å². The van der Waals surface area contributed by atoms with Crippen molar-refractivity contribution in [2.24, 2.45) is 0 Å². The molecule has 25 heavy (non-hydrogen) atoms. The van der Waals surface area contributed by atoms with Crippen LogP contribution in [0, 0.1) is 0 Å². The van der Waals surface area contributed by atoms with Gasteiger partial charge in [-0.2, -0.15) is 0 Å². The molecule has 0 aliphatic carbocycles. The number of hydrogen-bond donors (Lipinski definition) is 3. The van der Waals surface area contributed by atoms with E-state index in [1.807, 2.05) is 0 Å². The number of rotatable bonds is 7. The highest BCUT2D eigenvalue weighted by Crippen LogP contribution is 2.22. The predicted octanol–water partition coefficient (Wildman–Crippen LogP) is 1.20. The van der Waals surface area contributed by atoms with Crippen LogP contribution in [-0.2, 0) is 14.8 Å². The van der Waals surface area contributed by atoms with Crippen molar-refractivity contribution in [1.82, 2.24) is 10.0 Å². The summed E-state index contributed by atoms with van der Waals surface area (Å²) in [5, 5.41) is 11.4. The van der Waals surface area contributed by atoms with Crippen LogP contribution in [0.2, 0.25) is 0 Å². The molecule has 0 spiro atoms. The lowest BCUT2D eigenvalue weighted by atomic mass is 10.2. The summed E-state index contributed by atoms with van der Waals surface area (Å²) in [4.78, 5) is 22.3. The summed E-state index contributed by atoms with van der Waals surface area (Å²) in [7, 11) is -2.64. The van der Waals surface area contributed by atoms with Crippen LogP contribution in [0.5, 0.6) is 5.75 Å². The molecular weight excluding hydrogens is 352 g/mol. The Morgan fingerprint density at radius 3 is 2.36 bits per heavy atom. The van der Waals surface area contributed by atoms with Crippen molar-refractivity contribution in [3.05, 3.63) is 23.8 Å². The number of hydrogen-bond acceptors (Lipinski definition) is 6. The van der Waals surface area contributed by atoms with Crippen LogP contribution >= 0.6 is 0 Å². The lowest BCUT2D eigenvalue weighted by Gasteiger charge is -2.19. The first-order valence-electron chi connectivity index (χ1n) is 7.34. The molecule has 10 heteroatoms. The number of carboxylic acids is 1. The van der Waals surface area contributed by atoms with E-state index in [1.54, 1.807) is 20.8 Å². The zero-order chi connectivity index (χ0) is 19.3. The largest absolute Gasteiger partial charge is 0.496 e. The maximum Gasteiger partial charge on any atom is 0.407 e. The zero-order valence-electron chi connectivity index (χ0n) is 14.5. The Balaban J connectivity index is 2.67. The number of alkyl carbamates (subject to hydrolysis) is 1. The summed E-state index contributed by atoms with van der Waals surface area (Å²) in [5.74, 6) is -1.29. The van der Waals surface area contributed by atoms with Gasteiger partial charge in [0.05, 0.1) is 12.0 Å². The summed E-state index contributed by atoms with van der Waals surface area (Å²) in [5.41, 5.74) is -0.792. The molecule has 1 amide bonds. The maximum atomic E-state index is 12.2. The number of ether oxygens (including phenoxy) is 2. The molecule has 3 N–H and O–H groups in total. The van der Waals surface area contributed by atoms with Gasteiger partial charge in [0.2, 0.25) is 10.0 Å². The molecule has 0 saturated heterocycles. The molecule has 9 nitrogen and oxygen atoms in total. The average Bonchev–Trinajstić information content (AvgIpc) is 2.49. The summed E-state index contributed by atoms with van der Waals surface area (Å²) in [6.45, 7) is 5.10. The molecule has 0 atom stereocenters. The van der Waals surface area contributed by atoms with Crippen LogP contribution in [0.15, 0.2) is 23.1 Å². The highest BCUT2D eigenvalue weighted by molar-refractivity contribution is 7.89. The van der Waals surface area contributed by atoms with Gasteiger partial charge < -0.3 is 19.9 Å². The fourth-order valence-corrected chi connectivity index (χ4v) is 2.81. The number of sulfonamides is 1. The van der Waals surface area contributed by atoms with Crippen LogP contribution in [0.4, 0.5) is 4.79 Å². The van der Waals surface area contributed by atoms with Crippen molar-refractivity contribution in [2.45, 2.75) is 31.3 Å². The molecule has 0 aliphatic heterocycles. The molecule has 1 aromatic carbocycles. The first-order chi connectivity index (χ1) is 11.5. The van der Waals surface area contributed by atoms with Crippen molar-refractivity contribution in [3.8, 4) is 5.75 Å². The minimum Gasteiger partial charge on any atom is -0.496 e. The highest BCUT2D eigenvalue weighted by Gasteiger charge is 2.19.